The normalized spacial score (nSPS) is 33.4. The predicted octanol–water partition coefficient (Wildman–Crippen LogP) is 2.65. The largest absolute Gasteiger partial charge is 0.497 e. The number of oxime groups is 1. The number of nitrogens with zero attached hydrogens (tertiary/aromatic N) is 2. The highest BCUT2D eigenvalue weighted by Crippen LogP contribution is 2.55. The van der Waals surface area contributed by atoms with Crippen LogP contribution in [-0.2, 0) is 19.2 Å². The minimum atomic E-state index is -0.550. The van der Waals surface area contributed by atoms with Gasteiger partial charge < -0.3 is 14.3 Å². The highest BCUT2D eigenvalue weighted by atomic mass is 35.5. The lowest BCUT2D eigenvalue weighted by Crippen LogP contribution is -2.45. The van der Waals surface area contributed by atoms with Crippen molar-refractivity contribution < 1.29 is 23.9 Å². The number of carbonyl (C=O) groups excluding carboxylic acids is 2. The van der Waals surface area contributed by atoms with E-state index >= 15 is 0 Å². The first-order chi connectivity index (χ1) is 14.6. The molecule has 6 atom stereocenters. The van der Waals surface area contributed by atoms with E-state index in [4.69, 9.17) is 25.9 Å². The third kappa shape index (κ3) is 2.27. The number of hydrogen-bond donors (Lipinski definition) is 0. The Labute approximate surface area is 177 Å². The van der Waals surface area contributed by atoms with Crippen LogP contribution in [0.2, 0.25) is 5.02 Å². The topological polar surface area (TPSA) is 77.4 Å². The van der Waals surface area contributed by atoms with Crippen molar-refractivity contribution in [2.45, 2.75) is 18.3 Å². The second-order valence-electron chi connectivity index (χ2n) is 7.91. The lowest BCUT2D eigenvalue weighted by molar-refractivity contribution is -0.125. The van der Waals surface area contributed by atoms with Crippen LogP contribution in [0.4, 0.5) is 5.69 Å². The summed E-state index contributed by atoms with van der Waals surface area (Å²) in [7, 11) is 1.57. The summed E-state index contributed by atoms with van der Waals surface area (Å²) in [5, 5.41) is 4.91. The van der Waals surface area contributed by atoms with Crippen LogP contribution in [0.1, 0.15) is 5.56 Å². The molecule has 2 aromatic carbocycles. The maximum atomic E-state index is 13.3. The number of rotatable bonds is 3. The summed E-state index contributed by atoms with van der Waals surface area (Å²) < 4.78 is 11.3. The lowest BCUT2D eigenvalue weighted by Gasteiger charge is -2.26. The number of methoxy groups -OCH3 is 1. The van der Waals surface area contributed by atoms with Crippen LogP contribution in [-0.4, -0.2) is 42.9 Å². The molecule has 7 nitrogen and oxygen atoms in total. The molecular formula is C22H17ClN2O5. The Balaban J connectivity index is 1.33. The Kier molecular flexibility index (Phi) is 3.76. The smallest absolute Gasteiger partial charge is 0.240 e. The van der Waals surface area contributed by atoms with Crippen molar-refractivity contribution in [2.75, 3.05) is 12.0 Å². The monoisotopic (exact) mass is 424 g/mol. The number of benzene rings is 2. The molecule has 0 N–H and O–H groups in total. The molecule has 3 saturated heterocycles. The third-order valence-corrected chi connectivity index (χ3v) is 6.76. The van der Waals surface area contributed by atoms with Crippen LogP contribution >= 0.6 is 11.6 Å². The van der Waals surface area contributed by atoms with Crippen LogP contribution < -0.4 is 9.64 Å². The maximum Gasteiger partial charge on any atom is 0.240 e. The molecule has 2 bridgehead atoms. The van der Waals surface area contributed by atoms with Gasteiger partial charge in [-0.2, -0.15) is 0 Å². The van der Waals surface area contributed by atoms with E-state index in [0.29, 0.717) is 16.5 Å². The third-order valence-electron chi connectivity index (χ3n) is 6.51. The molecule has 2 amide bonds. The number of amides is 2. The zero-order valence-electron chi connectivity index (χ0n) is 15.9. The van der Waals surface area contributed by atoms with Crippen LogP contribution in [0.3, 0.4) is 0 Å². The Morgan fingerprint density at radius 1 is 0.900 bits per heavy atom. The quantitative estimate of drug-likeness (QED) is 0.708. The van der Waals surface area contributed by atoms with Gasteiger partial charge in [-0.3, -0.25) is 9.59 Å². The van der Waals surface area contributed by atoms with E-state index in [1.165, 1.54) is 4.90 Å². The van der Waals surface area contributed by atoms with E-state index in [1.54, 1.807) is 43.5 Å². The van der Waals surface area contributed by atoms with E-state index in [9.17, 15) is 9.59 Å². The van der Waals surface area contributed by atoms with Gasteiger partial charge in [-0.25, -0.2) is 4.90 Å². The maximum absolute atomic E-state index is 13.3. The van der Waals surface area contributed by atoms with Gasteiger partial charge in [0.05, 0.1) is 42.4 Å². The van der Waals surface area contributed by atoms with Crippen molar-refractivity contribution in [2.24, 2.45) is 22.9 Å². The molecule has 4 aliphatic heterocycles. The predicted molar refractivity (Wildman–Crippen MR) is 107 cm³/mol. The van der Waals surface area contributed by atoms with E-state index in [-0.39, 0.29) is 23.8 Å². The van der Waals surface area contributed by atoms with Gasteiger partial charge >= 0.3 is 0 Å². The summed E-state index contributed by atoms with van der Waals surface area (Å²) in [6.45, 7) is 0. The highest BCUT2D eigenvalue weighted by molar-refractivity contribution is 6.30. The standard InChI is InChI=1S/C22H17ClN2O5/c1-28-13-8-6-12(7-9-13)25-21(26)14-15(22(25)27)19-20-16(18(14)29-19)17(24-30-20)10-2-4-11(23)5-3-10/h2-9,14-16,18-20H,1H3/t14-,15+,16-,18-,19+,20-/m1/s1. The number of anilines is 1. The van der Waals surface area contributed by atoms with Gasteiger partial charge in [0.25, 0.3) is 0 Å². The summed E-state index contributed by atoms with van der Waals surface area (Å²) >= 11 is 6.00. The molecule has 0 saturated carbocycles. The van der Waals surface area contributed by atoms with Gasteiger partial charge in [-0.1, -0.05) is 28.9 Å². The first kappa shape index (κ1) is 17.9. The minimum Gasteiger partial charge on any atom is -0.497 e. The fourth-order valence-corrected chi connectivity index (χ4v) is 5.33. The second kappa shape index (κ2) is 6.30. The molecule has 4 aliphatic rings. The van der Waals surface area contributed by atoms with Gasteiger partial charge in [-0.05, 0) is 42.0 Å². The lowest BCUT2D eigenvalue weighted by atomic mass is 9.71. The molecule has 0 aromatic heterocycles. The average molecular weight is 425 g/mol. The molecule has 4 heterocycles. The molecule has 2 aromatic rings. The van der Waals surface area contributed by atoms with Gasteiger partial charge in [0.15, 0.2) is 6.10 Å². The second-order valence-corrected chi connectivity index (χ2v) is 8.34. The first-order valence-corrected chi connectivity index (χ1v) is 10.1. The Hall–Kier alpha value is -2.90. The molecule has 3 fully saturated rings. The summed E-state index contributed by atoms with van der Waals surface area (Å²) in [6.07, 6.45) is -1.30. The fraction of sp³-hybridized carbons (Fsp3) is 0.318. The summed E-state index contributed by atoms with van der Waals surface area (Å²) in [4.78, 5) is 33.5. The average Bonchev–Trinajstić information content (AvgIpc) is 3.49. The number of imide groups is 1. The Bertz CT molecular complexity index is 1080. The van der Waals surface area contributed by atoms with E-state index in [0.717, 1.165) is 11.3 Å². The van der Waals surface area contributed by atoms with Crippen LogP contribution in [0.5, 0.6) is 5.75 Å². The highest BCUT2D eigenvalue weighted by Gasteiger charge is 2.72. The molecule has 0 spiro atoms. The number of carbonyl (C=O) groups is 2. The molecule has 0 radical (unpaired) electrons. The van der Waals surface area contributed by atoms with Crippen LogP contribution in [0.15, 0.2) is 53.7 Å². The molecule has 30 heavy (non-hydrogen) atoms. The molecule has 152 valence electrons. The van der Waals surface area contributed by atoms with Crippen molar-refractivity contribution in [3.8, 4) is 5.75 Å². The van der Waals surface area contributed by atoms with Gasteiger partial charge in [0, 0.05) is 5.02 Å². The van der Waals surface area contributed by atoms with Crippen LogP contribution in [0.25, 0.3) is 0 Å². The Morgan fingerprint density at radius 3 is 2.23 bits per heavy atom. The summed E-state index contributed by atoms with van der Waals surface area (Å²) in [5.41, 5.74) is 2.16. The van der Waals surface area contributed by atoms with Gasteiger partial charge in [0.2, 0.25) is 11.8 Å². The van der Waals surface area contributed by atoms with E-state index in [1.807, 2.05) is 12.1 Å². The van der Waals surface area contributed by atoms with Gasteiger partial charge in [0.1, 0.15) is 11.9 Å². The van der Waals surface area contributed by atoms with Crippen LogP contribution in [0, 0.1) is 17.8 Å². The Morgan fingerprint density at radius 2 is 1.57 bits per heavy atom. The molecular weight excluding hydrogens is 408 g/mol. The SMILES string of the molecule is COc1ccc(N2C(=O)[C@@H]3[C@@H]4O[C@@H]([C@H]5C(c6ccc(Cl)cc6)=NO[C@@H]45)[C@@H]3C2=O)cc1. The van der Waals surface area contributed by atoms with Crippen molar-refractivity contribution in [1.29, 1.82) is 0 Å². The summed E-state index contributed by atoms with van der Waals surface area (Å²) in [5.74, 6) is -1.10. The number of ether oxygens (including phenoxy) is 2. The zero-order valence-corrected chi connectivity index (χ0v) is 16.7. The van der Waals surface area contributed by atoms with Crippen molar-refractivity contribution in [1.82, 2.24) is 0 Å². The molecule has 6 rings (SSSR count). The van der Waals surface area contributed by atoms with E-state index < -0.39 is 24.0 Å². The molecule has 0 unspecified atom stereocenters. The van der Waals surface area contributed by atoms with Crippen molar-refractivity contribution in [3.63, 3.8) is 0 Å². The number of fused-ring (bicyclic) bond motifs is 8. The zero-order chi connectivity index (χ0) is 20.6. The molecule has 8 heteroatoms. The first-order valence-electron chi connectivity index (χ1n) is 9.75. The van der Waals surface area contributed by atoms with E-state index in [2.05, 4.69) is 5.16 Å². The van der Waals surface area contributed by atoms with Crippen molar-refractivity contribution >= 4 is 34.8 Å². The number of hydrogen-bond acceptors (Lipinski definition) is 6. The fourth-order valence-electron chi connectivity index (χ4n) is 5.20. The van der Waals surface area contributed by atoms with Crippen molar-refractivity contribution in [3.05, 3.63) is 59.1 Å². The number of halogens is 1. The summed E-state index contributed by atoms with van der Waals surface area (Å²) in [6, 6.07) is 14.2. The minimum absolute atomic E-state index is 0.190. The van der Waals surface area contributed by atoms with Gasteiger partial charge in [-0.15, -0.1) is 0 Å². The molecule has 0 aliphatic carbocycles.